The summed E-state index contributed by atoms with van der Waals surface area (Å²) in [5, 5.41) is 0. The maximum atomic E-state index is 11.7. The second-order valence-electron chi connectivity index (χ2n) is 4.16. The molecule has 0 aliphatic rings. The van der Waals surface area contributed by atoms with Crippen LogP contribution in [0, 0.1) is 0 Å². The minimum Gasteiger partial charge on any atom is -0.458 e. The van der Waals surface area contributed by atoms with Crippen molar-refractivity contribution in [3.05, 3.63) is 83.9 Å². The van der Waals surface area contributed by atoms with E-state index in [2.05, 4.69) is 0 Å². The quantitative estimate of drug-likeness (QED) is 0.474. The SMILES string of the molecule is O=C(/C=C/C(=O)c1ccccc1)OCc1ccccc1. The Morgan fingerprint density at radius 3 is 2.10 bits per heavy atom. The van der Waals surface area contributed by atoms with Gasteiger partial charge in [-0.3, -0.25) is 4.79 Å². The van der Waals surface area contributed by atoms with E-state index in [0.29, 0.717) is 5.56 Å². The summed E-state index contributed by atoms with van der Waals surface area (Å²) in [7, 11) is 0. The number of carbonyl (C=O) groups excluding carboxylic acids is 2. The summed E-state index contributed by atoms with van der Waals surface area (Å²) in [4.78, 5) is 23.2. The molecule has 2 rings (SSSR count). The van der Waals surface area contributed by atoms with Crippen LogP contribution < -0.4 is 0 Å². The molecule has 0 N–H and O–H groups in total. The van der Waals surface area contributed by atoms with Crippen LogP contribution in [0.15, 0.2) is 72.8 Å². The van der Waals surface area contributed by atoms with Gasteiger partial charge < -0.3 is 4.74 Å². The highest BCUT2D eigenvalue weighted by Gasteiger charge is 2.02. The van der Waals surface area contributed by atoms with E-state index >= 15 is 0 Å². The Hall–Kier alpha value is -2.68. The summed E-state index contributed by atoms with van der Waals surface area (Å²) >= 11 is 0. The van der Waals surface area contributed by atoms with Crippen LogP contribution in [0.5, 0.6) is 0 Å². The maximum absolute atomic E-state index is 11.7. The summed E-state index contributed by atoms with van der Waals surface area (Å²) in [6.07, 6.45) is 2.38. The average molecular weight is 266 g/mol. The molecule has 100 valence electrons. The van der Waals surface area contributed by atoms with E-state index in [0.717, 1.165) is 11.6 Å². The van der Waals surface area contributed by atoms with Crippen molar-refractivity contribution in [2.75, 3.05) is 0 Å². The van der Waals surface area contributed by atoms with Crippen LogP contribution in [0.3, 0.4) is 0 Å². The molecule has 2 aromatic carbocycles. The summed E-state index contributed by atoms with van der Waals surface area (Å²) in [5.41, 5.74) is 1.45. The van der Waals surface area contributed by atoms with Crippen LogP contribution in [0.4, 0.5) is 0 Å². The number of carbonyl (C=O) groups is 2. The molecule has 0 atom stereocenters. The zero-order valence-electron chi connectivity index (χ0n) is 10.9. The number of esters is 1. The van der Waals surface area contributed by atoms with E-state index in [1.165, 1.54) is 6.08 Å². The standard InChI is InChI=1S/C17H14O3/c18-16(15-9-5-2-6-10-15)11-12-17(19)20-13-14-7-3-1-4-8-14/h1-12H,13H2/b12-11+. The molecule has 2 aromatic rings. The van der Waals surface area contributed by atoms with E-state index in [4.69, 9.17) is 4.74 Å². The first kappa shape index (κ1) is 13.7. The Balaban J connectivity index is 1.85. The van der Waals surface area contributed by atoms with Crippen molar-refractivity contribution in [3.8, 4) is 0 Å². The summed E-state index contributed by atoms with van der Waals surface area (Å²) in [5.74, 6) is -0.750. The number of ketones is 1. The monoisotopic (exact) mass is 266 g/mol. The van der Waals surface area contributed by atoms with Gasteiger partial charge in [-0.05, 0) is 11.6 Å². The highest BCUT2D eigenvalue weighted by molar-refractivity contribution is 6.06. The highest BCUT2D eigenvalue weighted by atomic mass is 16.5. The van der Waals surface area contributed by atoms with Gasteiger partial charge in [0, 0.05) is 11.6 Å². The van der Waals surface area contributed by atoms with Crippen molar-refractivity contribution in [3.63, 3.8) is 0 Å². The van der Waals surface area contributed by atoms with Gasteiger partial charge in [-0.2, -0.15) is 0 Å². The Bertz CT molecular complexity index is 601. The first-order valence-corrected chi connectivity index (χ1v) is 6.24. The molecule has 0 unspecified atom stereocenters. The van der Waals surface area contributed by atoms with Crippen molar-refractivity contribution < 1.29 is 14.3 Å². The lowest BCUT2D eigenvalue weighted by Crippen LogP contribution is -2.02. The zero-order valence-corrected chi connectivity index (χ0v) is 10.9. The van der Waals surface area contributed by atoms with Crippen LogP contribution in [0.1, 0.15) is 15.9 Å². The van der Waals surface area contributed by atoms with Gasteiger partial charge in [-0.1, -0.05) is 60.7 Å². The van der Waals surface area contributed by atoms with Crippen LogP contribution in [-0.2, 0) is 16.1 Å². The first-order chi connectivity index (χ1) is 9.75. The Labute approximate surface area is 117 Å². The van der Waals surface area contributed by atoms with Crippen LogP contribution in [0.2, 0.25) is 0 Å². The third kappa shape index (κ3) is 4.21. The van der Waals surface area contributed by atoms with Crippen molar-refractivity contribution in [2.45, 2.75) is 6.61 Å². The Kier molecular flexibility index (Phi) is 4.84. The molecule has 0 spiro atoms. The lowest BCUT2D eigenvalue weighted by molar-refractivity contribution is -0.139. The summed E-state index contributed by atoms with van der Waals surface area (Å²) in [6.45, 7) is 0.198. The molecule has 0 saturated carbocycles. The van der Waals surface area contributed by atoms with Crippen molar-refractivity contribution >= 4 is 11.8 Å². The second kappa shape index (κ2) is 7.04. The molecule has 0 heterocycles. The first-order valence-electron chi connectivity index (χ1n) is 6.24. The predicted molar refractivity (Wildman–Crippen MR) is 76.2 cm³/mol. The summed E-state index contributed by atoms with van der Waals surface area (Å²) < 4.78 is 5.04. The molecule has 3 heteroatoms. The molecule has 0 radical (unpaired) electrons. The fourth-order valence-electron chi connectivity index (χ4n) is 1.62. The predicted octanol–water partition coefficient (Wildman–Crippen LogP) is 3.17. The number of hydrogen-bond donors (Lipinski definition) is 0. The fourth-order valence-corrected chi connectivity index (χ4v) is 1.62. The van der Waals surface area contributed by atoms with Gasteiger partial charge in [0.2, 0.25) is 0 Å². The van der Waals surface area contributed by atoms with Gasteiger partial charge in [0.15, 0.2) is 5.78 Å². The molecule has 0 aliphatic carbocycles. The molecular formula is C17H14O3. The van der Waals surface area contributed by atoms with Gasteiger partial charge in [0.25, 0.3) is 0 Å². The van der Waals surface area contributed by atoms with E-state index in [1.807, 2.05) is 36.4 Å². The Morgan fingerprint density at radius 2 is 1.45 bits per heavy atom. The van der Waals surface area contributed by atoms with E-state index < -0.39 is 5.97 Å². The van der Waals surface area contributed by atoms with Crippen molar-refractivity contribution in [1.82, 2.24) is 0 Å². The van der Waals surface area contributed by atoms with Gasteiger partial charge in [-0.15, -0.1) is 0 Å². The minimum absolute atomic E-state index is 0.198. The fraction of sp³-hybridized carbons (Fsp3) is 0.0588. The van der Waals surface area contributed by atoms with Crippen LogP contribution >= 0.6 is 0 Å². The van der Waals surface area contributed by atoms with Crippen LogP contribution in [0.25, 0.3) is 0 Å². The number of allylic oxidation sites excluding steroid dienone is 1. The van der Waals surface area contributed by atoms with Gasteiger partial charge in [0.05, 0.1) is 0 Å². The number of ether oxygens (including phenoxy) is 1. The van der Waals surface area contributed by atoms with Crippen molar-refractivity contribution in [2.24, 2.45) is 0 Å². The summed E-state index contributed by atoms with van der Waals surface area (Å²) in [6, 6.07) is 18.1. The molecule has 0 aromatic heterocycles. The molecule has 0 saturated heterocycles. The lowest BCUT2D eigenvalue weighted by Gasteiger charge is -2.01. The largest absolute Gasteiger partial charge is 0.458 e. The normalized spacial score (nSPS) is 10.4. The molecule has 0 amide bonds. The molecule has 0 fully saturated rings. The maximum Gasteiger partial charge on any atom is 0.331 e. The van der Waals surface area contributed by atoms with Crippen LogP contribution in [-0.4, -0.2) is 11.8 Å². The molecule has 20 heavy (non-hydrogen) atoms. The van der Waals surface area contributed by atoms with Gasteiger partial charge in [0.1, 0.15) is 6.61 Å². The van der Waals surface area contributed by atoms with Gasteiger partial charge in [-0.25, -0.2) is 4.79 Å². The average Bonchev–Trinajstić information content (AvgIpc) is 2.52. The molecule has 0 bridgehead atoms. The van der Waals surface area contributed by atoms with E-state index in [9.17, 15) is 9.59 Å². The zero-order chi connectivity index (χ0) is 14.2. The third-order valence-corrected chi connectivity index (χ3v) is 2.65. The lowest BCUT2D eigenvalue weighted by atomic mass is 10.1. The number of hydrogen-bond acceptors (Lipinski definition) is 3. The smallest absolute Gasteiger partial charge is 0.331 e. The second-order valence-corrected chi connectivity index (χ2v) is 4.16. The van der Waals surface area contributed by atoms with Crippen molar-refractivity contribution in [1.29, 1.82) is 0 Å². The topological polar surface area (TPSA) is 43.4 Å². The highest BCUT2D eigenvalue weighted by Crippen LogP contribution is 2.03. The van der Waals surface area contributed by atoms with Gasteiger partial charge >= 0.3 is 5.97 Å². The molecule has 0 aliphatic heterocycles. The Morgan fingerprint density at radius 1 is 0.850 bits per heavy atom. The van der Waals surface area contributed by atoms with E-state index in [-0.39, 0.29) is 12.4 Å². The van der Waals surface area contributed by atoms with E-state index in [1.54, 1.807) is 24.3 Å². The number of rotatable bonds is 5. The number of benzene rings is 2. The molecule has 3 nitrogen and oxygen atoms in total. The third-order valence-electron chi connectivity index (χ3n) is 2.65. The minimum atomic E-state index is -0.530. The molecular weight excluding hydrogens is 252 g/mol.